The quantitative estimate of drug-likeness (QED) is 0.602. The Labute approximate surface area is 104 Å². The topological polar surface area (TPSA) is 118 Å². The van der Waals surface area contributed by atoms with Gasteiger partial charge in [0.15, 0.2) is 0 Å². The molecular weight excluding hydrogens is 232 g/mol. The van der Waals surface area contributed by atoms with Gasteiger partial charge >= 0.3 is 0 Å². The Kier molecular flexibility index (Phi) is 3.71. The summed E-state index contributed by atoms with van der Waals surface area (Å²) in [5, 5.41) is 20.4. The minimum Gasteiger partial charge on any atom is -0.390 e. The van der Waals surface area contributed by atoms with Gasteiger partial charge in [-0.2, -0.15) is 0 Å². The van der Waals surface area contributed by atoms with Crippen molar-refractivity contribution < 1.29 is 10.2 Å². The fraction of sp³-hybridized carbons (Fsp3) is 0.333. The number of fused-ring (bicyclic) bond motifs is 1. The molecule has 6 N–H and O–H groups in total. The molecule has 6 heteroatoms. The van der Waals surface area contributed by atoms with Gasteiger partial charge in [0.25, 0.3) is 0 Å². The molecule has 0 radical (unpaired) electrons. The molecule has 2 rings (SSSR count). The largest absolute Gasteiger partial charge is 0.390 e. The fourth-order valence-corrected chi connectivity index (χ4v) is 1.83. The van der Waals surface area contributed by atoms with E-state index in [1.165, 1.54) is 6.33 Å². The number of aliphatic hydroxyl groups is 2. The van der Waals surface area contributed by atoms with Crippen molar-refractivity contribution in [2.75, 3.05) is 12.3 Å². The number of hydrogen-bond acceptors (Lipinski definition) is 6. The molecule has 2 unspecified atom stereocenters. The van der Waals surface area contributed by atoms with Crippen LogP contribution in [0, 0.1) is 0 Å². The predicted octanol–water partition coefficient (Wildman–Crippen LogP) is -0.0449. The fourth-order valence-electron chi connectivity index (χ4n) is 1.83. The van der Waals surface area contributed by atoms with Crippen LogP contribution in [0.5, 0.6) is 0 Å². The second-order valence-electron chi connectivity index (χ2n) is 4.13. The number of nitrogens with zero attached hydrogens (tertiary/aromatic N) is 2. The molecule has 0 saturated heterocycles. The van der Waals surface area contributed by atoms with Gasteiger partial charge in [-0.25, -0.2) is 9.97 Å². The average molecular weight is 248 g/mol. The average Bonchev–Trinajstić information content (AvgIpc) is 2.38. The Hall–Kier alpha value is -1.76. The standard InChI is InChI=1S/C12H16N4O2/c13-4-3-10(17)11(18)7-1-2-9-8(5-7)12(14)16-6-15-9/h1-2,5-6,10-11,17-18H,3-4,13H2,(H2,14,15,16). The van der Waals surface area contributed by atoms with E-state index in [1.54, 1.807) is 18.2 Å². The monoisotopic (exact) mass is 248 g/mol. The Bertz CT molecular complexity index is 547. The lowest BCUT2D eigenvalue weighted by Gasteiger charge is -2.17. The van der Waals surface area contributed by atoms with Gasteiger partial charge in [-0.3, -0.25) is 0 Å². The lowest BCUT2D eigenvalue weighted by molar-refractivity contribution is 0.0151. The molecule has 2 atom stereocenters. The number of aromatic nitrogens is 2. The molecule has 0 bridgehead atoms. The number of hydrogen-bond donors (Lipinski definition) is 4. The minimum absolute atomic E-state index is 0.317. The van der Waals surface area contributed by atoms with Crippen LogP contribution in [0.4, 0.5) is 5.82 Å². The van der Waals surface area contributed by atoms with E-state index in [0.717, 1.165) is 0 Å². The summed E-state index contributed by atoms with van der Waals surface area (Å²) in [4.78, 5) is 7.96. The summed E-state index contributed by atoms with van der Waals surface area (Å²) < 4.78 is 0. The third kappa shape index (κ3) is 2.40. The highest BCUT2D eigenvalue weighted by atomic mass is 16.3. The lowest BCUT2D eigenvalue weighted by Crippen LogP contribution is -2.21. The van der Waals surface area contributed by atoms with E-state index < -0.39 is 12.2 Å². The summed E-state index contributed by atoms with van der Waals surface area (Å²) in [5.41, 5.74) is 12.4. The second-order valence-corrected chi connectivity index (χ2v) is 4.13. The number of benzene rings is 1. The number of aliphatic hydroxyl groups excluding tert-OH is 2. The first-order valence-corrected chi connectivity index (χ1v) is 5.70. The SMILES string of the molecule is NCCC(O)C(O)c1ccc2ncnc(N)c2c1. The van der Waals surface area contributed by atoms with Gasteiger partial charge in [0, 0.05) is 5.39 Å². The van der Waals surface area contributed by atoms with Gasteiger partial charge in [0.1, 0.15) is 18.2 Å². The minimum atomic E-state index is -0.988. The van der Waals surface area contributed by atoms with Crippen LogP contribution in [0.3, 0.4) is 0 Å². The van der Waals surface area contributed by atoms with Crippen LogP contribution in [0.25, 0.3) is 10.9 Å². The normalized spacial score (nSPS) is 14.6. The molecule has 6 nitrogen and oxygen atoms in total. The van der Waals surface area contributed by atoms with Gasteiger partial charge in [-0.05, 0) is 30.7 Å². The summed E-state index contributed by atoms with van der Waals surface area (Å²) in [6.45, 7) is 0.317. The van der Waals surface area contributed by atoms with E-state index in [1.807, 2.05) is 0 Å². The zero-order chi connectivity index (χ0) is 13.1. The maximum Gasteiger partial charge on any atom is 0.134 e. The Morgan fingerprint density at radius 2 is 2.00 bits per heavy atom. The Morgan fingerprint density at radius 1 is 1.22 bits per heavy atom. The van der Waals surface area contributed by atoms with Crippen molar-refractivity contribution in [1.29, 1.82) is 0 Å². The van der Waals surface area contributed by atoms with E-state index in [-0.39, 0.29) is 0 Å². The number of nitrogen functional groups attached to an aromatic ring is 1. The highest BCUT2D eigenvalue weighted by Crippen LogP contribution is 2.24. The van der Waals surface area contributed by atoms with Crippen LogP contribution >= 0.6 is 0 Å². The number of anilines is 1. The molecule has 96 valence electrons. The molecule has 1 aromatic heterocycles. The first-order valence-electron chi connectivity index (χ1n) is 5.70. The first-order chi connectivity index (χ1) is 8.63. The van der Waals surface area contributed by atoms with Gasteiger partial charge in [0.05, 0.1) is 11.6 Å². The molecule has 0 spiro atoms. The van der Waals surface area contributed by atoms with Gasteiger partial charge in [-0.1, -0.05) is 6.07 Å². The molecule has 18 heavy (non-hydrogen) atoms. The van der Waals surface area contributed by atoms with Crippen molar-refractivity contribution in [3.05, 3.63) is 30.1 Å². The van der Waals surface area contributed by atoms with Gasteiger partial charge in [-0.15, -0.1) is 0 Å². The smallest absolute Gasteiger partial charge is 0.134 e. The van der Waals surface area contributed by atoms with E-state index in [0.29, 0.717) is 35.2 Å². The lowest BCUT2D eigenvalue weighted by atomic mass is 10.0. The van der Waals surface area contributed by atoms with Crippen LogP contribution in [-0.2, 0) is 0 Å². The second kappa shape index (κ2) is 5.26. The van der Waals surface area contributed by atoms with Crippen molar-refractivity contribution in [2.24, 2.45) is 5.73 Å². The van der Waals surface area contributed by atoms with Crippen LogP contribution in [0.2, 0.25) is 0 Å². The van der Waals surface area contributed by atoms with Gasteiger partial charge in [0.2, 0.25) is 0 Å². The third-order valence-electron chi connectivity index (χ3n) is 2.86. The molecule has 2 aromatic rings. The summed E-state index contributed by atoms with van der Waals surface area (Å²) in [7, 11) is 0. The van der Waals surface area contributed by atoms with Crippen LogP contribution in [-0.4, -0.2) is 32.8 Å². The van der Waals surface area contributed by atoms with Crippen molar-refractivity contribution in [3.8, 4) is 0 Å². The molecule has 0 fully saturated rings. The van der Waals surface area contributed by atoms with Crippen LogP contribution < -0.4 is 11.5 Å². The maximum atomic E-state index is 9.98. The molecule has 0 aliphatic carbocycles. The van der Waals surface area contributed by atoms with Crippen molar-refractivity contribution >= 4 is 16.7 Å². The Morgan fingerprint density at radius 3 is 2.72 bits per heavy atom. The highest BCUT2D eigenvalue weighted by Gasteiger charge is 2.18. The molecular formula is C12H16N4O2. The van der Waals surface area contributed by atoms with Crippen LogP contribution in [0.1, 0.15) is 18.1 Å². The van der Waals surface area contributed by atoms with E-state index in [4.69, 9.17) is 11.5 Å². The first kappa shape index (κ1) is 12.7. The summed E-state index contributed by atoms with van der Waals surface area (Å²) in [6, 6.07) is 5.13. The number of nitrogens with two attached hydrogens (primary N) is 2. The maximum absolute atomic E-state index is 9.98. The summed E-state index contributed by atoms with van der Waals surface area (Å²) >= 11 is 0. The van der Waals surface area contributed by atoms with Crippen molar-refractivity contribution in [2.45, 2.75) is 18.6 Å². The predicted molar refractivity (Wildman–Crippen MR) is 68.6 cm³/mol. The van der Waals surface area contributed by atoms with Crippen molar-refractivity contribution in [1.82, 2.24) is 9.97 Å². The van der Waals surface area contributed by atoms with E-state index >= 15 is 0 Å². The summed E-state index contributed by atoms with van der Waals surface area (Å²) in [6.07, 6.45) is -0.160. The number of rotatable bonds is 4. The van der Waals surface area contributed by atoms with E-state index in [9.17, 15) is 10.2 Å². The van der Waals surface area contributed by atoms with Crippen molar-refractivity contribution in [3.63, 3.8) is 0 Å². The molecule has 0 aliphatic rings. The zero-order valence-corrected chi connectivity index (χ0v) is 9.82. The van der Waals surface area contributed by atoms with Gasteiger partial charge < -0.3 is 21.7 Å². The molecule has 1 heterocycles. The zero-order valence-electron chi connectivity index (χ0n) is 9.82. The van der Waals surface area contributed by atoms with E-state index in [2.05, 4.69) is 9.97 Å². The third-order valence-corrected chi connectivity index (χ3v) is 2.86. The Balaban J connectivity index is 2.37. The molecule has 0 amide bonds. The van der Waals surface area contributed by atoms with Crippen LogP contribution in [0.15, 0.2) is 24.5 Å². The molecule has 0 aliphatic heterocycles. The summed E-state index contributed by atoms with van der Waals surface area (Å²) in [5.74, 6) is 0.349. The highest BCUT2D eigenvalue weighted by molar-refractivity contribution is 5.88. The molecule has 0 saturated carbocycles. The molecule has 1 aromatic carbocycles.